The SMILES string of the molecule is Cc1cccc(N(CC(=O)N(Cc2ccc(Cl)cc2)[C@H](Cc2ccccc2)C(=O)NC2CCCC2)S(C)(=O)=O)c1C. The van der Waals surface area contributed by atoms with Crippen LogP contribution in [0.3, 0.4) is 0 Å². The normalized spacial score (nSPS) is 14.4. The van der Waals surface area contributed by atoms with E-state index in [0.717, 1.165) is 58.5 Å². The maximum Gasteiger partial charge on any atom is 0.244 e. The van der Waals surface area contributed by atoms with Crippen molar-refractivity contribution in [1.29, 1.82) is 0 Å². The predicted octanol–water partition coefficient (Wildman–Crippen LogP) is 5.42. The van der Waals surface area contributed by atoms with Crippen LogP contribution in [0.25, 0.3) is 0 Å². The van der Waals surface area contributed by atoms with Crippen LogP contribution in [0.5, 0.6) is 0 Å². The first kappa shape index (κ1) is 30.6. The molecule has 218 valence electrons. The molecule has 0 saturated heterocycles. The van der Waals surface area contributed by atoms with Gasteiger partial charge in [-0.1, -0.05) is 79.0 Å². The number of halogens is 1. The average molecular weight is 596 g/mol. The molecule has 0 aliphatic heterocycles. The number of aryl methyl sites for hydroxylation is 1. The molecule has 2 amide bonds. The van der Waals surface area contributed by atoms with Crippen LogP contribution in [0.2, 0.25) is 5.02 Å². The molecule has 3 aromatic rings. The quantitative estimate of drug-likeness (QED) is 0.321. The van der Waals surface area contributed by atoms with Gasteiger partial charge in [0, 0.05) is 24.0 Å². The van der Waals surface area contributed by atoms with E-state index in [1.165, 1.54) is 4.90 Å². The monoisotopic (exact) mass is 595 g/mol. The van der Waals surface area contributed by atoms with E-state index in [9.17, 15) is 18.0 Å². The van der Waals surface area contributed by atoms with E-state index in [-0.39, 0.29) is 18.5 Å². The number of nitrogens with one attached hydrogen (secondary N) is 1. The molecule has 0 bridgehead atoms. The number of rotatable bonds is 11. The van der Waals surface area contributed by atoms with Gasteiger partial charge in [-0.2, -0.15) is 0 Å². The van der Waals surface area contributed by atoms with Crippen LogP contribution in [-0.2, 0) is 32.6 Å². The molecule has 0 radical (unpaired) electrons. The number of carbonyl (C=O) groups excluding carboxylic acids is 2. The lowest BCUT2D eigenvalue weighted by Crippen LogP contribution is -2.54. The van der Waals surface area contributed by atoms with Gasteiger partial charge in [-0.05, 0) is 67.1 Å². The Morgan fingerprint density at radius 1 is 0.927 bits per heavy atom. The fourth-order valence-electron chi connectivity index (χ4n) is 5.31. The summed E-state index contributed by atoms with van der Waals surface area (Å²) < 4.78 is 27.2. The molecule has 1 saturated carbocycles. The molecule has 0 heterocycles. The van der Waals surface area contributed by atoms with Crippen LogP contribution < -0.4 is 9.62 Å². The molecule has 1 aliphatic rings. The van der Waals surface area contributed by atoms with E-state index < -0.39 is 28.5 Å². The van der Waals surface area contributed by atoms with Gasteiger partial charge in [-0.15, -0.1) is 0 Å². The lowest BCUT2D eigenvalue weighted by molar-refractivity contribution is -0.140. The molecule has 0 aromatic heterocycles. The molecule has 7 nitrogen and oxygen atoms in total. The van der Waals surface area contributed by atoms with Gasteiger partial charge in [0.05, 0.1) is 11.9 Å². The van der Waals surface area contributed by atoms with E-state index in [2.05, 4.69) is 5.32 Å². The van der Waals surface area contributed by atoms with Gasteiger partial charge in [-0.3, -0.25) is 13.9 Å². The maximum atomic E-state index is 14.2. The summed E-state index contributed by atoms with van der Waals surface area (Å²) in [7, 11) is -3.82. The molecule has 0 spiro atoms. The number of benzene rings is 3. The van der Waals surface area contributed by atoms with Crippen molar-refractivity contribution < 1.29 is 18.0 Å². The van der Waals surface area contributed by atoms with Crippen LogP contribution in [0.15, 0.2) is 72.8 Å². The minimum absolute atomic E-state index is 0.0655. The molecule has 1 aliphatic carbocycles. The first-order valence-electron chi connectivity index (χ1n) is 13.9. The highest BCUT2D eigenvalue weighted by molar-refractivity contribution is 7.92. The summed E-state index contributed by atoms with van der Waals surface area (Å²) in [6.45, 7) is 3.43. The zero-order chi connectivity index (χ0) is 29.6. The Morgan fingerprint density at radius 3 is 2.22 bits per heavy atom. The fourth-order valence-corrected chi connectivity index (χ4v) is 6.33. The van der Waals surface area contributed by atoms with Gasteiger partial charge in [-0.25, -0.2) is 8.42 Å². The average Bonchev–Trinajstić information content (AvgIpc) is 3.45. The molecule has 1 atom stereocenters. The van der Waals surface area contributed by atoms with Gasteiger partial charge in [0.25, 0.3) is 0 Å². The molecular weight excluding hydrogens is 558 g/mol. The van der Waals surface area contributed by atoms with Crippen LogP contribution >= 0.6 is 11.6 Å². The zero-order valence-corrected chi connectivity index (χ0v) is 25.4. The molecule has 41 heavy (non-hydrogen) atoms. The minimum atomic E-state index is -3.82. The topological polar surface area (TPSA) is 86.8 Å². The van der Waals surface area contributed by atoms with Crippen molar-refractivity contribution in [2.45, 2.75) is 64.6 Å². The fraction of sp³-hybridized carbons (Fsp3) is 0.375. The van der Waals surface area contributed by atoms with Gasteiger partial charge < -0.3 is 10.2 Å². The lowest BCUT2D eigenvalue weighted by atomic mass is 10.0. The first-order chi connectivity index (χ1) is 19.5. The summed E-state index contributed by atoms with van der Waals surface area (Å²) in [6, 6.07) is 21.3. The molecule has 9 heteroatoms. The second-order valence-corrected chi connectivity index (χ2v) is 13.2. The number of hydrogen-bond donors (Lipinski definition) is 1. The second kappa shape index (κ2) is 13.5. The van der Waals surface area contributed by atoms with Gasteiger partial charge in [0.2, 0.25) is 21.8 Å². The highest BCUT2D eigenvalue weighted by Gasteiger charge is 2.34. The molecule has 1 fully saturated rings. The highest BCUT2D eigenvalue weighted by atomic mass is 35.5. The standard InChI is InChI=1S/C32H38ClN3O4S/c1-23-10-9-15-29(24(23)2)36(41(3,39)40)22-31(37)35(21-26-16-18-27(33)19-17-26)30(20-25-11-5-4-6-12-25)32(38)34-28-13-7-8-14-28/h4-6,9-12,15-19,28,30H,7-8,13-14,20-22H2,1-3H3,(H,34,38)/t30-/m1/s1. The van der Waals surface area contributed by atoms with E-state index in [0.29, 0.717) is 17.1 Å². The van der Waals surface area contributed by atoms with E-state index in [4.69, 9.17) is 11.6 Å². The molecule has 1 N–H and O–H groups in total. The lowest BCUT2D eigenvalue weighted by Gasteiger charge is -2.34. The Balaban J connectivity index is 1.74. The van der Waals surface area contributed by atoms with Crippen molar-refractivity contribution in [3.05, 3.63) is 100 Å². The molecule has 4 rings (SSSR count). The first-order valence-corrected chi connectivity index (χ1v) is 16.2. The summed E-state index contributed by atoms with van der Waals surface area (Å²) in [5.74, 6) is -0.700. The van der Waals surface area contributed by atoms with E-state index in [1.54, 1.807) is 24.3 Å². The summed E-state index contributed by atoms with van der Waals surface area (Å²) in [4.78, 5) is 29.6. The zero-order valence-electron chi connectivity index (χ0n) is 23.8. The van der Waals surface area contributed by atoms with Crippen molar-refractivity contribution in [3.63, 3.8) is 0 Å². The van der Waals surface area contributed by atoms with Crippen LogP contribution in [0.1, 0.15) is 47.9 Å². The van der Waals surface area contributed by atoms with Crippen molar-refractivity contribution in [2.24, 2.45) is 0 Å². The Hall–Kier alpha value is -3.36. The number of carbonyl (C=O) groups is 2. The third-order valence-corrected chi connectivity index (χ3v) is 9.14. The van der Waals surface area contributed by atoms with Crippen LogP contribution in [-0.4, -0.2) is 50.0 Å². The predicted molar refractivity (Wildman–Crippen MR) is 164 cm³/mol. The van der Waals surface area contributed by atoms with Gasteiger partial charge in [0.1, 0.15) is 12.6 Å². The molecule has 3 aromatic carbocycles. The van der Waals surface area contributed by atoms with Gasteiger partial charge in [0.15, 0.2) is 0 Å². The highest BCUT2D eigenvalue weighted by Crippen LogP contribution is 2.26. The smallest absolute Gasteiger partial charge is 0.244 e. The largest absolute Gasteiger partial charge is 0.352 e. The summed E-state index contributed by atoms with van der Waals surface area (Å²) in [5, 5.41) is 3.74. The Bertz CT molecular complexity index is 1460. The van der Waals surface area contributed by atoms with Gasteiger partial charge >= 0.3 is 0 Å². The van der Waals surface area contributed by atoms with Crippen molar-refractivity contribution >= 4 is 39.1 Å². The second-order valence-electron chi connectivity index (χ2n) is 10.8. The van der Waals surface area contributed by atoms with Crippen molar-refractivity contribution in [1.82, 2.24) is 10.2 Å². The number of hydrogen-bond acceptors (Lipinski definition) is 4. The van der Waals surface area contributed by atoms with Crippen LogP contribution in [0, 0.1) is 13.8 Å². The third kappa shape index (κ3) is 8.11. The maximum absolute atomic E-state index is 14.2. The van der Waals surface area contributed by atoms with E-state index in [1.807, 2.05) is 62.4 Å². The minimum Gasteiger partial charge on any atom is -0.352 e. The Morgan fingerprint density at radius 2 is 1.59 bits per heavy atom. The van der Waals surface area contributed by atoms with Crippen LogP contribution in [0.4, 0.5) is 5.69 Å². The Labute approximate surface area is 248 Å². The Kier molecular flexibility index (Phi) is 10.1. The summed E-state index contributed by atoms with van der Waals surface area (Å²) in [6.07, 6.45) is 5.31. The van der Waals surface area contributed by atoms with Crippen molar-refractivity contribution in [3.8, 4) is 0 Å². The molecule has 0 unspecified atom stereocenters. The van der Waals surface area contributed by atoms with E-state index >= 15 is 0 Å². The number of anilines is 1. The molecular formula is C32H38ClN3O4S. The number of amides is 2. The summed E-state index contributed by atoms with van der Waals surface area (Å²) in [5.41, 5.74) is 3.83. The number of sulfonamides is 1. The third-order valence-electron chi connectivity index (χ3n) is 7.76. The summed E-state index contributed by atoms with van der Waals surface area (Å²) >= 11 is 6.12. The van der Waals surface area contributed by atoms with Crippen molar-refractivity contribution in [2.75, 3.05) is 17.1 Å². The number of nitrogens with zero attached hydrogens (tertiary/aromatic N) is 2.